The second-order valence-corrected chi connectivity index (χ2v) is 25.4. The lowest BCUT2D eigenvalue weighted by Crippen LogP contribution is -2.38. The maximum atomic E-state index is 12.0. The van der Waals surface area contributed by atoms with Crippen LogP contribution in [0.4, 0.5) is 19.2 Å². The van der Waals surface area contributed by atoms with Crippen molar-refractivity contribution in [3.8, 4) is 0 Å². The number of alkyl carbamates (subject to hydrolysis) is 4. The highest BCUT2D eigenvalue weighted by atomic mass is 16.6. The van der Waals surface area contributed by atoms with Crippen LogP contribution in [0.5, 0.6) is 0 Å². The fourth-order valence-corrected chi connectivity index (χ4v) is 7.00. The molecular formula is C69H134N4O16. The number of hydrogen-bond acceptors (Lipinski definition) is 16. The minimum Gasteiger partial charge on any atom is -0.465 e. The van der Waals surface area contributed by atoms with Gasteiger partial charge in [-0.1, -0.05) is 171 Å². The van der Waals surface area contributed by atoms with E-state index in [1.165, 1.54) is 89.9 Å². The molecule has 0 radical (unpaired) electrons. The van der Waals surface area contributed by atoms with Gasteiger partial charge >= 0.3 is 48.3 Å². The van der Waals surface area contributed by atoms with Crippen molar-refractivity contribution >= 4 is 48.3 Å². The second-order valence-electron chi connectivity index (χ2n) is 25.4. The van der Waals surface area contributed by atoms with Crippen molar-refractivity contribution in [1.82, 2.24) is 21.3 Å². The molecule has 4 N–H and O–H groups in total. The summed E-state index contributed by atoms with van der Waals surface area (Å²) in [5.74, 6) is -0.984. The summed E-state index contributed by atoms with van der Waals surface area (Å²) in [6.45, 7) is 38.2. The number of carbonyl (C=O) groups is 8. The average molecular weight is 1280 g/mol. The number of amides is 4. The zero-order chi connectivity index (χ0) is 68.4. The Balaban J connectivity index is -0.000000542. The third-order valence-corrected chi connectivity index (χ3v) is 15.5. The summed E-state index contributed by atoms with van der Waals surface area (Å²) in [6, 6.07) is 0. The average Bonchev–Trinajstić information content (AvgIpc) is 3.72. The molecular weight excluding hydrogens is 1140 g/mol. The Hall–Kier alpha value is -5.04. The summed E-state index contributed by atoms with van der Waals surface area (Å²) in [5, 5.41) is 10.9. The van der Waals surface area contributed by atoms with Crippen LogP contribution in [0, 0.1) is 21.7 Å². The summed E-state index contributed by atoms with van der Waals surface area (Å²) in [6.07, 6.45) is 26.5. The van der Waals surface area contributed by atoms with Crippen LogP contribution < -0.4 is 21.3 Å². The van der Waals surface area contributed by atoms with Gasteiger partial charge in [0.1, 0.15) is 38.6 Å². The predicted octanol–water partition coefficient (Wildman–Crippen LogP) is 16.6. The van der Waals surface area contributed by atoms with E-state index in [2.05, 4.69) is 49.0 Å². The van der Waals surface area contributed by atoms with Crippen molar-refractivity contribution in [3.05, 3.63) is 0 Å². The van der Waals surface area contributed by atoms with Gasteiger partial charge in [0.05, 0.1) is 34.9 Å². The first kappa shape index (κ1) is 90.4. The lowest BCUT2D eigenvalue weighted by atomic mass is 9.90. The Morgan fingerprint density at radius 1 is 0.270 bits per heavy atom. The van der Waals surface area contributed by atoms with E-state index in [0.29, 0.717) is 51.9 Å². The number of rotatable bonds is 47. The quantitative estimate of drug-likeness (QED) is 0.0251. The third-order valence-electron chi connectivity index (χ3n) is 15.5. The van der Waals surface area contributed by atoms with E-state index in [-0.39, 0.29) is 63.5 Å². The van der Waals surface area contributed by atoms with Crippen LogP contribution in [-0.2, 0) is 57.1 Å². The van der Waals surface area contributed by atoms with Crippen molar-refractivity contribution in [2.24, 2.45) is 21.7 Å². The fraction of sp³-hybridized carbons (Fsp3) is 0.884. The van der Waals surface area contributed by atoms with E-state index in [9.17, 15) is 38.4 Å². The summed E-state index contributed by atoms with van der Waals surface area (Å²) >= 11 is 0. The molecule has 0 rings (SSSR count). The number of esters is 4. The van der Waals surface area contributed by atoms with Crippen molar-refractivity contribution in [1.29, 1.82) is 0 Å². The smallest absolute Gasteiger partial charge is 0.407 e. The first-order valence-electron chi connectivity index (χ1n) is 34.4. The molecule has 0 aliphatic rings. The first-order valence-corrected chi connectivity index (χ1v) is 34.4. The Labute approximate surface area is 541 Å². The van der Waals surface area contributed by atoms with Gasteiger partial charge in [-0.05, 0) is 121 Å². The van der Waals surface area contributed by atoms with Crippen LogP contribution in [0.3, 0.4) is 0 Å². The maximum Gasteiger partial charge on any atom is 0.407 e. The molecule has 526 valence electrons. The molecule has 2 atom stereocenters. The molecule has 0 fully saturated rings. The summed E-state index contributed by atoms with van der Waals surface area (Å²) in [7, 11) is 0. The van der Waals surface area contributed by atoms with Crippen LogP contribution in [0.1, 0.15) is 298 Å². The first-order chi connectivity index (χ1) is 42.0. The maximum absolute atomic E-state index is 12.0. The lowest BCUT2D eigenvalue weighted by Gasteiger charge is -2.26. The molecule has 20 heteroatoms. The molecule has 0 aliphatic carbocycles. The number of ether oxygens (including phenoxy) is 8. The molecule has 2 unspecified atom stereocenters. The van der Waals surface area contributed by atoms with Gasteiger partial charge in [0.25, 0.3) is 0 Å². The molecule has 89 heavy (non-hydrogen) atoms. The van der Waals surface area contributed by atoms with Crippen LogP contribution in [0.25, 0.3) is 0 Å². The van der Waals surface area contributed by atoms with Crippen molar-refractivity contribution in [2.75, 3.05) is 65.8 Å². The standard InChI is InChI=1S/C19H37NO4.C18H35NO4.C17H33NO4.C15H29NO4/c1-7-9-10-11-12-13-14-20-18(22)24-16(4)15(3)23-17(21)19(5,6)8-2;1-5-7-8-9-10-11-13-19-17(21)23-15-12-14-22-16(20)18(3,4)6-2;1-5-7-8-9-10-11-12-18-16(20)22-14-13-21-15(19)17(3,4)6-2;1-5-7-8-9-10-16-14(18)20-12-11-19-13(17)15(3,4)6-2/h15-16H,7-14H2,1-6H3,(H,20,22);5-15H2,1-4H3,(H,19,21);5-14H2,1-4H3,(H,18,20);5-12H2,1-4H3,(H,16,18). The van der Waals surface area contributed by atoms with Gasteiger partial charge in [-0.3, -0.25) is 19.2 Å². The Morgan fingerprint density at radius 2 is 0.494 bits per heavy atom. The Kier molecular flexibility index (Phi) is 59.0. The van der Waals surface area contributed by atoms with E-state index in [1.807, 2.05) is 83.1 Å². The number of nitrogens with one attached hydrogen (secondary N) is 4. The van der Waals surface area contributed by atoms with Gasteiger partial charge in [-0.15, -0.1) is 0 Å². The molecule has 0 bridgehead atoms. The van der Waals surface area contributed by atoms with E-state index < -0.39 is 58.2 Å². The van der Waals surface area contributed by atoms with E-state index in [4.69, 9.17) is 37.9 Å². The van der Waals surface area contributed by atoms with Crippen LogP contribution in [0.2, 0.25) is 0 Å². The van der Waals surface area contributed by atoms with Crippen LogP contribution in [-0.4, -0.2) is 126 Å². The molecule has 0 aliphatic heterocycles. The topological polar surface area (TPSA) is 259 Å². The van der Waals surface area contributed by atoms with Gasteiger partial charge in [-0.2, -0.15) is 0 Å². The summed E-state index contributed by atoms with van der Waals surface area (Å²) in [5.41, 5.74) is -1.94. The van der Waals surface area contributed by atoms with Crippen LogP contribution in [0.15, 0.2) is 0 Å². The zero-order valence-corrected chi connectivity index (χ0v) is 59.8. The highest BCUT2D eigenvalue weighted by Gasteiger charge is 2.32. The Morgan fingerprint density at radius 3 is 0.809 bits per heavy atom. The molecule has 0 saturated carbocycles. The molecule has 0 saturated heterocycles. The van der Waals surface area contributed by atoms with E-state index in [1.54, 1.807) is 13.8 Å². The van der Waals surface area contributed by atoms with Gasteiger partial charge in [0.2, 0.25) is 0 Å². The predicted molar refractivity (Wildman–Crippen MR) is 356 cm³/mol. The molecule has 4 amide bonds. The highest BCUT2D eigenvalue weighted by Crippen LogP contribution is 2.25. The minimum atomic E-state index is -0.520. The van der Waals surface area contributed by atoms with Crippen molar-refractivity contribution < 1.29 is 76.3 Å². The fourth-order valence-electron chi connectivity index (χ4n) is 7.00. The van der Waals surface area contributed by atoms with Gasteiger partial charge in [0, 0.05) is 32.6 Å². The number of unbranched alkanes of at least 4 members (excludes halogenated alkanes) is 18. The molecule has 0 spiro atoms. The van der Waals surface area contributed by atoms with Crippen molar-refractivity contribution in [3.63, 3.8) is 0 Å². The van der Waals surface area contributed by atoms with Gasteiger partial charge < -0.3 is 59.2 Å². The Bertz CT molecular complexity index is 1810. The minimum absolute atomic E-state index is 0.0896. The SMILES string of the molecule is CCCCCCCCNC(=O)OC(C)C(C)OC(=O)C(C)(C)CC.CCCCCCCCNC(=O)OCCCOC(=O)C(C)(C)CC.CCCCCCCCNC(=O)OCCOC(=O)C(C)(C)CC.CCCCCCNC(=O)OCCOC(=O)C(C)(C)CC. The van der Waals surface area contributed by atoms with Gasteiger partial charge in [0.15, 0.2) is 0 Å². The number of hydrogen-bond donors (Lipinski definition) is 4. The van der Waals surface area contributed by atoms with Crippen molar-refractivity contribution in [2.45, 2.75) is 310 Å². The molecule has 0 aromatic carbocycles. The zero-order valence-electron chi connectivity index (χ0n) is 59.8. The molecule has 0 aromatic heterocycles. The summed E-state index contributed by atoms with van der Waals surface area (Å²) < 4.78 is 40.9. The molecule has 0 aromatic rings. The van der Waals surface area contributed by atoms with Crippen LogP contribution >= 0.6 is 0 Å². The van der Waals surface area contributed by atoms with Gasteiger partial charge in [-0.25, -0.2) is 19.2 Å². The largest absolute Gasteiger partial charge is 0.465 e. The van der Waals surface area contributed by atoms with E-state index >= 15 is 0 Å². The second kappa shape index (κ2) is 58.1. The third kappa shape index (κ3) is 55.5. The van der Waals surface area contributed by atoms with E-state index in [0.717, 1.165) is 57.8 Å². The monoisotopic (exact) mass is 1270 g/mol. The normalized spacial score (nSPS) is 11.8. The number of carbonyl (C=O) groups excluding carboxylic acids is 8. The summed E-state index contributed by atoms with van der Waals surface area (Å²) in [4.78, 5) is 93.0. The molecule has 20 nitrogen and oxygen atoms in total. The highest BCUT2D eigenvalue weighted by molar-refractivity contribution is 5.77. The lowest BCUT2D eigenvalue weighted by molar-refractivity contribution is -0.164. The molecule has 0 heterocycles.